The molecule has 0 fully saturated rings. The van der Waals surface area contributed by atoms with Gasteiger partial charge in [0.2, 0.25) is 0 Å². The van der Waals surface area contributed by atoms with Crippen molar-refractivity contribution in [2.75, 3.05) is 0 Å². The minimum atomic E-state index is -1.05. The van der Waals surface area contributed by atoms with Crippen molar-refractivity contribution >= 4 is 11.0 Å². The number of nitrogens with one attached hydrogen (secondary N) is 1. The predicted octanol–water partition coefficient (Wildman–Crippen LogP) is 3.45. The Balaban J connectivity index is 0.00000324. The molecule has 1 N–H and O–H groups in total. The van der Waals surface area contributed by atoms with E-state index in [-0.39, 0.29) is 12.2 Å². The van der Waals surface area contributed by atoms with Crippen LogP contribution in [0.4, 0.5) is 0 Å². The lowest BCUT2D eigenvalue weighted by atomic mass is 10.0. The Labute approximate surface area is 114 Å². The average Bonchev–Trinajstić information content (AvgIpc) is 2.28. The number of pyridine rings is 1. The first-order valence-electron chi connectivity index (χ1n) is 6.37. The third-order valence-corrected chi connectivity index (χ3v) is 4.48. The summed E-state index contributed by atoms with van der Waals surface area (Å²) in [5.74, 6) is 0. The second-order valence-corrected chi connectivity index (χ2v) is 7.64. The lowest BCUT2D eigenvalue weighted by Gasteiger charge is -2.24. The maximum absolute atomic E-state index is 12.2. The van der Waals surface area contributed by atoms with E-state index in [1.54, 1.807) is 0 Å². The van der Waals surface area contributed by atoms with Gasteiger partial charge in [0, 0.05) is 19.4 Å². The summed E-state index contributed by atoms with van der Waals surface area (Å²) >= 11 is 0. The highest BCUT2D eigenvalue weighted by atomic mass is 32.2. The van der Waals surface area contributed by atoms with Crippen LogP contribution in [0.25, 0.3) is 0 Å². The first-order valence-corrected chi connectivity index (χ1v) is 7.52. The largest absolute Gasteiger partial charge is 0.261 e. The molecule has 3 nitrogen and oxygen atoms in total. The highest BCUT2D eigenvalue weighted by molar-refractivity contribution is 7.84. The third-order valence-electron chi connectivity index (χ3n) is 2.87. The molecule has 0 saturated heterocycles. The normalized spacial score (nSPS) is 15.4. The van der Waals surface area contributed by atoms with Crippen molar-refractivity contribution in [1.29, 1.82) is 0 Å². The van der Waals surface area contributed by atoms with E-state index in [2.05, 4.69) is 22.7 Å². The topological polar surface area (TPSA) is 42.0 Å². The van der Waals surface area contributed by atoms with Crippen molar-refractivity contribution < 1.29 is 5.64 Å². The summed E-state index contributed by atoms with van der Waals surface area (Å²) in [7, 11) is -1.05. The lowest BCUT2D eigenvalue weighted by molar-refractivity contribution is 0.586. The zero-order valence-corrected chi connectivity index (χ0v) is 13.0. The van der Waals surface area contributed by atoms with Crippen LogP contribution in [0.5, 0.6) is 0 Å². The van der Waals surface area contributed by atoms with Gasteiger partial charge in [-0.15, -0.1) is 0 Å². The van der Waals surface area contributed by atoms with Crippen molar-refractivity contribution in [3.05, 3.63) is 29.1 Å². The Bertz CT molecular complexity index is 444. The molecule has 0 spiro atoms. The van der Waals surface area contributed by atoms with Gasteiger partial charge < -0.3 is 0 Å². The number of rotatable bonds is 4. The summed E-state index contributed by atoms with van der Waals surface area (Å²) in [4.78, 5) is 4.28. The van der Waals surface area contributed by atoms with Gasteiger partial charge in [-0.3, -0.25) is 4.98 Å². The van der Waals surface area contributed by atoms with Crippen molar-refractivity contribution in [2.24, 2.45) is 0 Å². The van der Waals surface area contributed by atoms with E-state index in [9.17, 15) is 4.21 Å². The molecule has 18 heavy (non-hydrogen) atoms. The molecule has 1 heterocycles. The summed E-state index contributed by atoms with van der Waals surface area (Å²) in [6.07, 6.45) is 2.79. The molecule has 1 rings (SSSR count). The first-order chi connectivity index (χ1) is 8.25. The maximum atomic E-state index is 12.2. The molecule has 1 aromatic rings. The van der Waals surface area contributed by atoms with Crippen LogP contribution in [0.3, 0.4) is 0 Å². The molecule has 0 saturated carbocycles. The minimum absolute atomic E-state index is 0. The van der Waals surface area contributed by atoms with Gasteiger partial charge in [-0.2, -0.15) is 0 Å². The molecule has 0 radical (unpaired) electrons. The first kappa shape index (κ1) is 15.3. The highest BCUT2D eigenvalue weighted by Gasteiger charge is 2.23. The standard InChI is InChI=1S/C14H24N2OS.H2/c1-7-13(16-18(17)14(4,5)6)12-8-11(3)15-9-10(12)2;/h8-9,13,16H,7H2,1-6H3;1H. The minimum Gasteiger partial charge on any atom is -0.261 e. The van der Waals surface area contributed by atoms with Crippen molar-refractivity contribution in [3.8, 4) is 0 Å². The molecule has 0 aromatic carbocycles. The van der Waals surface area contributed by atoms with Gasteiger partial charge in [0.25, 0.3) is 0 Å². The molecule has 0 aliphatic carbocycles. The lowest BCUT2D eigenvalue weighted by Crippen LogP contribution is -2.35. The van der Waals surface area contributed by atoms with Crippen LogP contribution in [0.15, 0.2) is 12.3 Å². The molecule has 0 bridgehead atoms. The summed E-state index contributed by atoms with van der Waals surface area (Å²) in [6, 6.07) is 2.20. The van der Waals surface area contributed by atoms with Gasteiger partial charge in [-0.1, -0.05) is 6.92 Å². The van der Waals surface area contributed by atoms with Gasteiger partial charge >= 0.3 is 0 Å². The van der Waals surface area contributed by atoms with Crippen molar-refractivity contribution in [3.63, 3.8) is 0 Å². The van der Waals surface area contributed by atoms with Crippen LogP contribution >= 0.6 is 0 Å². The van der Waals surface area contributed by atoms with Gasteiger partial charge in [0.15, 0.2) is 0 Å². The molecule has 104 valence electrons. The quantitative estimate of drug-likeness (QED) is 0.910. The number of hydrogen-bond donors (Lipinski definition) is 1. The third kappa shape index (κ3) is 3.89. The predicted molar refractivity (Wildman–Crippen MR) is 79.9 cm³/mol. The maximum Gasteiger partial charge on any atom is 0.0975 e. The number of hydrogen-bond acceptors (Lipinski definition) is 2. The second kappa shape index (κ2) is 5.93. The average molecular weight is 270 g/mol. The van der Waals surface area contributed by atoms with E-state index in [0.717, 1.165) is 17.7 Å². The van der Waals surface area contributed by atoms with E-state index in [1.165, 1.54) is 5.56 Å². The molecule has 0 aliphatic rings. The fourth-order valence-corrected chi connectivity index (χ4v) is 2.60. The summed E-state index contributed by atoms with van der Waals surface area (Å²) in [5, 5.41) is 0. The molecule has 0 amide bonds. The summed E-state index contributed by atoms with van der Waals surface area (Å²) in [6.45, 7) is 12.1. The van der Waals surface area contributed by atoms with Gasteiger partial charge in [-0.25, -0.2) is 8.93 Å². The van der Waals surface area contributed by atoms with Crippen LogP contribution < -0.4 is 4.72 Å². The van der Waals surface area contributed by atoms with Crippen LogP contribution in [0.2, 0.25) is 0 Å². The number of nitrogens with zero attached hydrogens (tertiary/aromatic N) is 1. The Kier molecular flexibility index (Phi) is 5.05. The molecule has 2 atom stereocenters. The Morgan fingerprint density at radius 3 is 2.56 bits per heavy atom. The molecular formula is C14H26N2OS. The SMILES string of the molecule is CCC(NS(=O)C(C)(C)C)c1cc(C)ncc1C.[HH]. The zero-order chi connectivity index (χ0) is 13.9. The van der Waals surface area contributed by atoms with E-state index >= 15 is 0 Å². The smallest absolute Gasteiger partial charge is 0.0975 e. The second-order valence-electron chi connectivity index (χ2n) is 5.64. The van der Waals surface area contributed by atoms with Crippen molar-refractivity contribution in [1.82, 2.24) is 9.71 Å². The molecule has 4 heteroatoms. The van der Waals surface area contributed by atoms with Crippen LogP contribution in [0.1, 0.15) is 58.4 Å². The Morgan fingerprint density at radius 1 is 1.44 bits per heavy atom. The van der Waals surface area contributed by atoms with E-state index in [4.69, 9.17) is 0 Å². The van der Waals surface area contributed by atoms with Gasteiger partial charge in [0.05, 0.1) is 15.7 Å². The number of aryl methyl sites for hydroxylation is 2. The fraction of sp³-hybridized carbons (Fsp3) is 0.643. The summed E-state index contributed by atoms with van der Waals surface area (Å²) in [5.41, 5.74) is 3.34. The monoisotopic (exact) mass is 270 g/mol. The number of aromatic nitrogens is 1. The summed E-state index contributed by atoms with van der Waals surface area (Å²) < 4.78 is 15.2. The molecule has 0 aliphatic heterocycles. The van der Waals surface area contributed by atoms with Gasteiger partial charge in [0.1, 0.15) is 0 Å². The van der Waals surface area contributed by atoms with E-state index in [0.29, 0.717) is 0 Å². The van der Waals surface area contributed by atoms with Crippen molar-refractivity contribution in [2.45, 2.75) is 58.8 Å². The molecule has 1 aromatic heterocycles. The molecular weight excluding hydrogens is 244 g/mol. The Morgan fingerprint density at radius 2 is 2.06 bits per heavy atom. The molecule has 2 unspecified atom stereocenters. The fourth-order valence-electron chi connectivity index (χ4n) is 1.70. The van der Waals surface area contributed by atoms with Crippen LogP contribution in [-0.4, -0.2) is 13.9 Å². The zero-order valence-electron chi connectivity index (χ0n) is 12.2. The Hall–Kier alpha value is -0.740. The highest BCUT2D eigenvalue weighted by Crippen LogP contribution is 2.23. The van der Waals surface area contributed by atoms with E-state index in [1.807, 2.05) is 40.8 Å². The van der Waals surface area contributed by atoms with Crippen LogP contribution in [-0.2, 0) is 11.0 Å². The van der Waals surface area contributed by atoms with Gasteiger partial charge in [-0.05, 0) is 58.2 Å². The van der Waals surface area contributed by atoms with E-state index < -0.39 is 11.0 Å². The van der Waals surface area contributed by atoms with Crippen LogP contribution in [0, 0.1) is 13.8 Å².